The quantitative estimate of drug-likeness (QED) is 0.829. The van der Waals surface area contributed by atoms with Crippen molar-refractivity contribution in [2.45, 2.75) is 6.54 Å². The van der Waals surface area contributed by atoms with E-state index in [1.807, 2.05) is 24.3 Å². The molecule has 0 radical (unpaired) electrons. The van der Waals surface area contributed by atoms with Crippen molar-refractivity contribution in [2.24, 2.45) is 0 Å². The smallest absolute Gasteiger partial charge is 0.350 e. The number of carbonyl (C=O) groups is 1. The number of carbonyl (C=O) groups excluding carboxylic acids is 1. The van der Waals surface area contributed by atoms with Crippen molar-refractivity contribution in [3.8, 4) is 5.75 Å². The van der Waals surface area contributed by atoms with Crippen LogP contribution in [0.3, 0.4) is 0 Å². The molecule has 106 valence electrons. The Morgan fingerprint density at radius 1 is 1.35 bits per heavy atom. The predicted octanol–water partition coefficient (Wildman–Crippen LogP) is 2.74. The van der Waals surface area contributed by atoms with Crippen LogP contribution in [-0.4, -0.2) is 20.2 Å². The fraction of sp³-hybridized carbons (Fsp3) is 0.214. The van der Waals surface area contributed by atoms with Crippen molar-refractivity contribution in [3.63, 3.8) is 0 Å². The Balaban J connectivity index is 2.10. The number of nitrogens with one attached hydrogen (secondary N) is 1. The monoisotopic (exact) mass is 292 g/mol. The minimum atomic E-state index is -0.419. The first-order valence-electron chi connectivity index (χ1n) is 5.99. The summed E-state index contributed by atoms with van der Waals surface area (Å²) in [6.45, 7) is 0.588. The van der Waals surface area contributed by atoms with E-state index in [2.05, 4.69) is 10.1 Å². The third kappa shape index (κ3) is 3.03. The zero-order chi connectivity index (χ0) is 14.5. The zero-order valence-corrected chi connectivity index (χ0v) is 12.1. The van der Waals surface area contributed by atoms with Gasteiger partial charge in [-0.25, -0.2) is 4.79 Å². The summed E-state index contributed by atoms with van der Waals surface area (Å²) in [6.07, 6.45) is 0. The van der Waals surface area contributed by atoms with Crippen LogP contribution in [0.4, 0.5) is 10.7 Å². The lowest BCUT2D eigenvalue weighted by atomic mass is 10.2. The molecule has 0 bridgehead atoms. The van der Waals surface area contributed by atoms with Crippen LogP contribution in [0.15, 0.2) is 30.3 Å². The fourth-order valence-electron chi connectivity index (χ4n) is 1.78. The number of esters is 1. The third-order valence-electron chi connectivity index (χ3n) is 2.78. The molecular weight excluding hydrogens is 276 g/mol. The van der Waals surface area contributed by atoms with Crippen molar-refractivity contribution >= 4 is 28.0 Å². The second-order valence-corrected chi connectivity index (χ2v) is 5.10. The second-order valence-electron chi connectivity index (χ2n) is 4.05. The molecule has 5 nitrogen and oxygen atoms in total. The summed E-state index contributed by atoms with van der Waals surface area (Å²) in [5.41, 5.74) is 7.24. The Hall–Kier alpha value is -2.21. The van der Waals surface area contributed by atoms with Crippen molar-refractivity contribution in [3.05, 3.63) is 40.8 Å². The zero-order valence-electron chi connectivity index (χ0n) is 11.3. The standard InChI is InChI=1S/C14H16N2O3S/c1-18-11-6-4-3-5-9(11)8-16-12-7-10(15)13(20-12)14(17)19-2/h3-7,16H,8,15H2,1-2H3. The van der Waals surface area contributed by atoms with E-state index in [-0.39, 0.29) is 0 Å². The number of methoxy groups -OCH3 is 2. The number of benzene rings is 1. The summed E-state index contributed by atoms with van der Waals surface area (Å²) in [6, 6.07) is 9.47. The molecular formula is C14H16N2O3S. The number of rotatable bonds is 5. The molecule has 0 aliphatic heterocycles. The number of thiophene rings is 1. The molecule has 1 aromatic heterocycles. The van der Waals surface area contributed by atoms with Gasteiger partial charge in [-0.05, 0) is 12.1 Å². The van der Waals surface area contributed by atoms with Gasteiger partial charge in [-0.2, -0.15) is 0 Å². The molecule has 0 amide bonds. The lowest BCUT2D eigenvalue weighted by molar-refractivity contribution is 0.0607. The van der Waals surface area contributed by atoms with Gasteiger partial charge in [0.2, 0.25) is 0 Å². The largest absolute Gasteiger partial charge is 0.496 e. The number of hydrogen-bond acceptors (Lipinski definition) is 6. The second kappa shape index (κ2) is 6.29. The van der Waals surface area contributed by atoms with Gasteiger partial charge in [0, 0.05) is 12.1 Å². The lowest BCUT2D eigenvalue weighted by Gasteiger charge is -2.08. The summed E-state index contributed by atoms with van der Waals surface area (Å²) in [7, 11) is 2.97. The summed E-state index contributed by atoms with van der Waals surface area (Å²) in [5.74, 6) is 0.399. The first kappa shape index (κ1) is 14.2. The number of anilines is 2. The highest BCUT2D eigenvalue weighted by atomic mass is 32.1. The maximum atomic E-state index is 11.5. The van der Waals surface area contributed by atoms with Crippen LogP contribution in [-0.2, 0) is 11.3 Å². The van der Waals surface area contributed by atoms with E-state index in [0.717, 1.165) is 16.3 Å². The topological polar surface area (TPSA) is 73.6 Å². The third-order valence-corrected chi connectivity index (χ3v) is 3.87. The molecule has 1 aromatic carbocycles. The van der Waals surface area contributed by atoms with Crippen LogP contribution in [0, 0.1) is 0 Å². The normalized spacial score (nSPS) is 10.1. The summed E-state index contributed by atoms with van der Waals surface area (Å²) in [4.78, 5) is 11.9. The Morgan fingerprint density at radius 3 is 2.80 bits per heavy atom. The van der Waals surface area contributed by atoms with Gasteiger partial charge in [0.1, 0.15) is 10.6 Å². The minimum Gasteiger partial charge on any atom is -0.496 e. The number of hydrogen-bond donors (Lipinski definition) is 2. The van der Waals surface area contributed by atoms with E-state index in [1.54, 1.807) is 13.2 Å². The molecule has 0 fully saturated rings. The molecule has 0 atom stereocenters. The van der Waals surface area contributed by atoms with E-state index in [0.29, 0.717) is 17.1 Å². The maximum absolute atomic E-state index is 11.5. The van der Waals surface area contributed by atoms with Gasteiger partial charge in [-0.1, -0.05) is 18.2 Å². The van der Waals surface area contributed by atoms with E-state index in [9.17, 15) is 4.79 Å². The van der Waals surface area contributed by atoms with Gasteiger partial charge in [0.25, 0.3) is 0 Å². The lowest BCUT2D eigenvalue weighted by Crippen LogP contribution is -2.01. The Bertz CT molecular complexity index is 610. The van der Waals surface area contributed by atoms with E-state index in [1.165, 1.54) is 18.4 Å². The molecule has 3 N–H and O–H groups in total. The molecule has 20 heavy (non-hydrogen) atoms. The van der Waals surface area contributed by atoms with Crippen molar-refractivity contribution < 1.29 is 14.3 Å². The molecule has 0 spiro atoms. The van der Waals surface area contributed by atoms with E-state index < -0.39 is 5.97 Å². The van der Waals surface area contributed by atoms with Crippen molar-refractivity contribution in [1.82, 2.24) is 0 Å². The number of ether oxygens (including phenoxy) is 2. The molecule has 1 heterocycles. The van der Waals surface area contributed by atoms with Crippen molar-refractivity contribution in [1.29, 1.82) is 0 Å². The van der Waals surface area contributed by atoms with E-state index >= 15 is 0 Å². The number of para-hydroxylation sites is 1. The van der Waals surface area contributed by atoms with Crippen LogP contribution >= 0.6 is 11.3 Å². The summed E-state index contributed by atoms with van der Waals surface area (Å²) >= 11 is 1.27. The van der Waals surface area contributed by atoms with Gasteiger partial charge >= 0.3 is 5.97 Å². The molecule has 0 saturated heterocycles. The molecule has 0 aliphatic carbocycles. The fourth-order valence-corrected chi connectivity index (χ4v) is 2.67. The van der Waals surface area contributed by atoms with Gasteiger partial charge in [0.15, 0.2) is 0 Å². The molecule has 0 saturated carbocycles. The van der Waals surface area contributed by atoms with Crippen LogP contribution in [0.2, 0.25) is 0 Å². The van der Waals surface area contributed by atoms with Crippen LogP contribution in [0.25, 0.3) is 0 Å². The Morgan fingerprint density at radius 2 is 2.10 bits per heavy atom. The molecule has 2 rings (SSSR count). The first-order valence-corrected chi connectivity index (χ1v) is 6.80. The van der Waals surface area contributed by atoms with Gasteiger partial charge < -0.3 is 20.5 Å². The first-order chi connectivity index (χ1) is 9.65. The molecule has 6 heteroatoms. The summed E-state index contributed by atoms with van der Waals surface area (Å²) in [5, 5.41) is 4.04. The maximum Gasteiger partial charge on any atom is 0.350 e. The van der Waals surface area contributed by atoms with Crippen molar-refractivity contribution in [2.75, 3.05) is 25.3 Å². The highest BCUT2D eigenvalue weighted by Gasteiger charge is 2.14. The minimum absolute atomic E-state index is 0.412. The highest BCUT2D eigenvalue weighted by Crippen LogP contribution is 2.30. The average molecular weight is 292 g/mol. The number of nitrogens with two attached hydrogens (primary N) is 1. The van der Waals surface area contributed by atoms with Gasteiger partial charge in [0.05, 0.1) is 24.9 Å². The molecule has 0 aliphatic rings. The van der Waals surface area contributed by atoms with E-state index in [4.69, 9.17) is 10.5 Å². The predicted molar refractivity (Wildman–Crippen MR) is 80.4 cm³/mol. The van der Waals surface area contributed by atoms with Crippen LogP contribution in [0.5, 0.6) is 5.75 Å². The SMILES string of the molecule is COC(=O)c1sc(NCc2ccccc2OC)cc1N. The molecule has 2 aromatic rings. The van der Waals surface area contributed by atoms with Gasteiger partial charge in [-0.15, -0.1) is 11.3 Å². The Kier molecular flexibility index (Phi) is 4.47. The highest BCUT2D eigenvalue weighted by molar-refractivity contribution is 7.18. The van der Waals surface area contributed by atoms with Crippen LogP contribution < -0.4 is 15.8 Å². The number of nitrogen functional groups attached to an aromatic ring is 1. The van der Waals surface area contributed by atoms with Gasteiger partial charge in [-0.3, -0.25) is 0 Å². The average Bonchev–Trinajstić information content (AvgIpc) is 2.85. The van der Waals surface area contributed by atoms with Crippen LogP contribution in [0.1, 0.15) is 15.2 Å². The Labute approximate surface area is 121 Å². The summed E-state index contributed by atoms with van der Waals surface area (Å²) < 4.78 is 9.96. The molecule has 0 unspecified atom stereocenters.